The van der Waals surface area contributed by atoms with Gasteiger partial charge in [-0.15, -0.1) is 0 Å². The fourth-order valence-corrected chi connectivity index (χ4v) is 0. The first-order chi connectivity index (χ1) is 2.64. The van der Waals surface area contributed by atoms with Gasteiger partial charge in [-0.1, -0.05) is 13.8 Å². The van der Waals surface area contributed by atoms with Gasteiger partial charge in [0.15, 0.2) is 0 Å². The summed E-state index contributed by atoms with van der Waals surface area (Å²) in [7, 11) is -1.12. The fourth-order valence-electron chi connectivity index (χ4n) is 0. The van der Waals surface area contributed by atoms with E-state index in [1.807, 2.05) is 13.8 Å². The monoisotopic (exact) mass is 107 g/mol. The van der Waals surface area contributed by atoms with Crippen molar-refractivity contribution >= 4 is 11.0 Å². The van der Waals surface area contributed by atoms with E-state index in [2.05, 4.69) is 0 Å². The molecule has 2 N–H and O–H groups in total. The Morgan fingerprint density at radius 2 is 1.83 bits per heavy atom. The molecule has 2 nitrogen and oxygen atoms in total. The Kier molecular flexibility index (Phi) is 2.35. The van der Waals surface area contributed by atoms with Crippen molar-refractivity contribution in [3.63, 3.8) is 0 Å². The number of hydrogen-bond donors (Lipinski definition) is 2. The van der Waals surface area contributed by atoms with Crippen LogP contribution in [-0.4, -0.2) is 9.80 Å². The number of hydrogen-bond acceptors (Lipinski definition) is 1. The minimum atomic E-state index is -1.12. The van der Waals surface area contributed by atoms with Gasteiger partial charge >= 0.3 is 0 Å². The Morgan fingerprint density at radius 3 is 1.83 bits per heavy atom. The standard InChI is InChI=1S/C3H9NOS/c1-3(2)6(4)5/h3H,1-2H3,(H2,4,5). The van der Waals surface area contributed by atoms with Gasteiger partial charge in [-0.3, -0.25) is 4.78 Å². The number of nitrogens with one attached hydrogen (secondary N) is 1. The van der Waals surface area contributed by atoms with Crippen LogP contribution in [0.25, 0.3) is 0 Å². The van der Waals surface area contributed by atoms with E-state index in [-0.39, 0.29) is 5.25 Å². The van der Waals surface area contributed by atoms with Gasteiger partial charge < -0.3 is 4.55 Å². The smallest absolute Gasteiger partial charge is 0.0344 e. The highest BCUT2D eigenvalue weighted by atomic mass is 32.2. The first-order valence-corrected chi connectivity index (χ1v) is 3.02. The average Bonchev–Trinajstić information content (AvgIpc) is 1.36. The summed E-state index contributed by atoms with van der Waals surface area (Å²) in [6.07, 6.45) is 0. The molecule has 0 aromatic carbocycles. The second-order valence-electron chi connectivity index (χ2n) is 1.36. The lowest BCUT2D eigenvalue weighted by molar-refractivity contribution is 0.636. The Hall–Kier alpha value is 0.110. The van der Waals surface area contributed by atoms with E-state index in [1.165, 1.54) is 0 Å². The van der Waals surface area contributed by atoms with E-state index in [4.69, 9.17) is 9.33 Å². The van der Waals surface area contributed by atoms with Gasteiger partial charge in [-0.25, -0.2) is 0 Å². The zero-order valence-corrected chi connectivity index (χ0v) is 4.75. The lowest BCUT2D eigenvalue weighted by atomic mass is 10.6. The van der Waals surface area contributed by atoms with Crippen LogP contribution < -0.4 is 0 Å². The van der Waals surface area contributed by atoms with Crippen molar-refractivity contribution in [1.29, 1.82) is 4.78 Å². The summed E-state index contributed by atoms with van der Waals surface area (Å²) in [4.78, 5) is 0. The summed E-state index contributed by atoms with van der Waals surface area (Å²) in [6, 6.07) is 0. The van der Waals surface area contributed by atoms with Gasteiger partial charge in [0.1, 0.15) is 0 Å². The van der Waals surface area contributed by atoms with Crippen LogP contribution >= 0.6 is 0 Å². The highest BCUT2D eigenvalue weighted by Crippen LogP contribution is 1.86. The van der Waals surface area contributed by atoms with Crippen molar-refractivity contribution in [2.24, 2.45) is 0 Å². The van der Waals surface area contributed by atoms with E-state index in [1.54, 1.807) is 0 Å². The zero-order chi connectivity index (χ0) is 5.15. The van der Waals surface area contributed by atoms with E-state index < -0.39 is 11.0 Å². The minimum absolute atomic E-state index is 0.102. The molecular formula is C3H9NOS. The largest absolute Gasteiger partial charge is 0.322 e. The van der Waals surface area contributed by atoms with Crippen LogP contribution in [0.3, 0.4) is 0 Å². The Labute approximate surface area is 40.3 Å². The van der Waals surface area contributed by atoms with Gasteiger partial charge in [-0.05, 0) is 0 Å². The van der Waals surface area contributed by atoms with Crippen LogP contribution in [0.5, 0.6) is 0 Å². The molecule has 38 valence electrons. The molecule has 1 unspecified atom stereocenters. The zero-order valence-electron chi connectivity index (χ0n) is 3.93. The SMILES string of the molecule is CC(C)S(=N)O. The lowest BCUT2D eigenvalue weighted by Crippen LogP contribution is -2.00. The van der Waals surface area contributed by atoms with Crippen LogP contribution in [0.2, 0.25) is 0 Å². The Balaban J connectivity index is 3.26. The first kappa shape index (κ1) is 6.11. The third-order valence-corrected chi connectivity index (χ3v) is 1.34. The van der Waals surface area contributed by atoms with Crippen LogP contribution in [0.4, 0.5) is 0 Å². The molecule has 0 aliphatic heterocycles. The van der Waals surface area contributed by atoms with Crippen molar-refractivity contribution in [2.75, 3.05) is 0 Å². The molecule has 0 aliphatic rings. The topological polar surface area (TPSA) is 44.1 Å². The molecule has 0 saturated heterocycles. The van der Waals surface area contributed by atoms with Crippen molar-refractivity contribution in [3.8, 4) is 0 Å². The van der Waals surface area contributed by atoms with Gasteiger partial charge in [0, 0.05) is 16.2 Å². The predicted octanol–water partition coefficient (Wildman–Crippen LogP) is 1.25. The predicted molar refractivity (Wildman–Crippen MR) is 27.8 cm³/mol. The van der Waals surface area contributed by atoms with E-state index in [0.29, 0.717) is 0 Å². The maximum absolute atomic E-state index is 8.32. The normalized spacial score (nSPS) is 15.3. The molecule has 0 fully saturated rings. The molecule has 3 heteroatoms. The molecule has 0 amide bonds. The van der Waals surface area contributed by atoms with E-state index in [0.717, 1.165) is 0 Å². The minimum Gasteiger partial charge on any atom is -0.322 e. The molecule has 0 radical (unpaired) electrons. The molecule has 0 rings (SSSR count). The summed E-state index contributed by atoms with van der Waals surface area (Å²) >= 11 is 0. The maximum Gasteiger partial charge on any atom is 0.0344 e. The van der Waals surface area contributed by atoms with Gasteiger partial charge in [0.05, 0.1) is 0 Å². The van der Waals surface area contributed by atoms with E-state index >= 15 is 0 Å². The quantitative estimate of drug-likeness (QED) is 0.520. The van der Waals surface area contributed by atoms with Crippen molar-refractivity contribution in [2.45, 2.75) is 19.1 Å². The van der Waals surface area contributed by atoms with Gasteiger partial charge in [0.25, 0.3) is 0 Å². The summed E-state index contributed by atoms with van der Waals surface area (Å²) in [5.74, 6) is 0. The molecule has 0 spiro atoms. The summed E-state index contributed by atoms with van der Waals surface area (Å²) in [6.45, 7) is 3.63. The third-order valence-electron chi connectivity index (χ3n) is 0.447. The fraction of sp³-hybridized carbons (Fsp3) is 1.00. The molecule has 0 aliphatic carbocycles. The molecule has 1 atom stereocenters. The molecule has 0 aromatic rings. The van der Waals surface area contributed by atoms with Crippen LogP contribution in [0.15, 0.2) is 0 Å². The molecule has 0 aromatic heterocycles. The molecule has 6 heavy (non-hydrogen) atoms. The second kappa shape index (κ2) is 2.31. The maximum atomic E-state index is 8.32. The second-order valence-corrected chi connectivity index (χ2v) is 2.94. The van der Waals surface area contributed by atoms with Gasteiger partial charge in [0.2, 0.25) is 0 Å². The lowest BCUT2D eigenvalue weighted by Gasteiger charge is -1.95. The molecule has 0 bridgehead atoms. The molecular weight excluding hydrogens is 98.1 g/mol. The first-order valence-electron chi connectivity index (χ1n) is 1.78. The molecule has 0 heterocycles. The summed E-state index contributed by atoms with van der Waals surface area (Å²) in [5.41, 5.74) is 0. The number of rotatable bonds is 1. The Bertz CT molecular complexity index is 61.8. The summed E-state index contributed by atoms with van der Waals surface area (Å²) in [5, 5.41) is 0.102. The highest BCUT2D eigenvalue weighted by Gasteiger charge is 1.90. The van der Waals surface area contributed by atoms with E-state index in [9.17, 15) is 0 Å². The van der Waals surface area contributed by atoms with Crippen LogP contribution in [-0.2, 0) is 11.0 Å². The van der Waals surface area contributed by atoms with Crippen molar-refractivity contribution in [3.05, 3.63) is 0 Å². The van der Waals surface area contributed by atoms with Crippen molar-refractivity contribution < 1.29 is 4.55 Å². The van der Waals surface area contributed by atoms with Crippen LogP contribution in [0, 0.1) is 4.78 Å². The van der Waals surface area contributed by atoms with Crippen molar-refractivity contribution in [1.82, 2.24) is 0 Å². The highest BCUT2D eigenvalue weighted by molar-refractivity contribution is 7.80. The summed E-state index contributed by atoms with van der Waals surface area (Å²) < 4.78 is 14.9. The Morgan fingerprint density at radius 1 is 1.67 bits per heavy atom. The van der Waals surface area contributed by atoms with Gasteiger partial charge in [-0.2, -0.15) is 0 Å². The molecule has 0 saturated carbocycles. The van der Waals surface area contributed by atoms with Crippen LogP contribution in [0.1, 0.15) is 13.8 Å². The average molecular weight is 107 g/mol. The third kappa shape index (κ3) is 2.35.